The van der Waals surface area contributed by atoms with Gasteiger partial charge in [-0.2, -0.15) is 5.10 Å². The lowest BCUT2D eigenvalue weighted by molar-refractivity contribution is -0.151. The molecule has 1 aliphatic rings. The molecule has 1 saturated heterocycles. The van der Waals surface area contributed by atoms with Crippen molar-refractivity contribution in [1.82, 2.24) is 25.0 Å². The standard InChI is InChI=1S/C26H31N5O2/c1-4-30-14-15-31(24(32)17-23-27-25(18(2)3)29-28-23)22(26(30)33)16-20-12-8-9-13-21(20)19-10-6-5-7-11-19/h5-13,18,22H,4,14-17H2,1-3H3,(H,27,28,29)/t22-/m0/s1. The number of aromatic nitrogens is 3. The summed E-state index contributed by atoms with van der Waals surface area (Å²) >= 11 is 0. The zero-order valence-corrected chi connectivity index (χ0v) is 19.5. The van der Waals surface area contributed by atoms with Gasteiger partial charge >= 0.3 is 0 Å². The van der Waals surface area contributed by atoms with E-state index >= 15 is 0 Å². The van der Waals surface area contributed by atoms with Gasteiger partial charge in [0.05, 0.1) is 6.42 Å². The number of likely N-dealkylation sites (N-methyl/N-ethyl adjacent to an activating group) is 1. The first-order valence-electron chi connectivity index (χ1n) is 11.6. The molecule has 1 aliphatic heterocycles. The maximum absolute atomic E-state index is 13.4. The first-order chi connectivity index (χ1) is 16.0. The maximum Gasteiger partial charge on any atom is 0.245 e. The Kier molecular flexibility index (Phi) is 6.87. The van der Waals surface area contributed by atoms with Crippen LogP contribution in [0.1, 0.15) is 43.9 Å². The highest BCUT2D eigenvalue weighted by atomic mass is 16.2. The van der Waals surface area contributed by atoms with E-state index in [2.05, 4.69) is 39.4 Å². The van der Waals surface area contributed by atoms with Crippen molar-refractivity contribution < 1.29 is 9.59 Å². The molecule has 2 amide bonds. The summed E-state index contributed by atoms with van der Waals surface area (Å²) in [6.45, 7) is 7.70. The Hall–Kier alpha value is -3.48. The minimum absolute atomic E-state index is 0.000374. The summed E-state index contributed by atoms with van der Waals surface area (Å²) in [5, 5.41) is 7.08. The second-order valence-corrected chi connectivity index (χ2v) is 8.72. The summed E-state index contributed by atoms with van der Waals surface area (Å²) in [6.07, 6.45) is 0.579. The quantitative estimate of drug-likeness (QED) is 0.604. The first-order valence-corrected chi connectivity index (χ1v) is 11.6. The number of carbonyl (C=O) groups excluding carboxylic acids is 2. The molecule has 7 heteroatoms. The molecular weight excluding hydrogens is 414 g/mol. The molecule has 3 aromatic rings. The molecular formula is C26H31N5O2. The highest BCUT2D eigenvalue weighted by Crippen LogP contribution is 2.27. The van der Waals surface area contributed by atoms with Crippen LogP contribution in [0.2, 0.25) is 0 Å². The molecule has 0 aliphatic carbocycles. The van der Waals surface area contributed by atoms with Crippen LogP contribution < -0.4 is 0 Å². The lowest BCUT2D eigenvalue weighted by Crippen LogP contribution is -2.59. The molecule has 7 nitrogen and oxygen atoms in total. The Bertz CT molecular complexity index is 1110. The molecule has 1 aromatic heterocycles. The van der Waals surface area contributed by atoms with Crippen molar-refractivity contribution in [3.8, 4) is 11.1 Å². The first kappa shape index (κ1) is 22.7. The van der Waals surface area contributed by atoms with E-state index in [1.807, 2.05) is 56.0 Å². The van der Waals surface area contributed by atoms with Crippen molar-refractivity contribution in [2.75, 3.05) is 19.6 Å². The van der Waals surface area contributed by atoms with Gasteiger partial charge in [0.15, 0.2) is 5.82 Å². The van der Waals surface area contributed by atoms with Crippen LogP contribution >= 0.6 is 0 Å². The number of aromatic amines is 1. The van der Waals surface area contributed by atoms with Crippen molar-refractivity contribution in [3.63, 3.8) is 0 Å². The maximum atomic E-state index is 13.4. The van der Waals surface area contributed by atoms with Crippen LogP contribution in [-0.2, 0) is 22.4 Å². The van der Waals surface area contributed by atoms with Gasteiger partial charge in [0, 0.05) is 32.0 Å². The van der Waals surface area contributed by atoms with Crippen molar-refractivity contribution >= 4 is 11.8 Å². The molecule has 1 fully saturated rings. The fraction of sp³-hybridized carbons (Fsp3) is 0.385. The normalized spacial score (nSPS) is 16.5. The van der Waals surface area contributed by atoms with E-state index in [9.17, 15) is 9.59 Å². The number of piperazine rings is 1. The molecule has 0 unspecified atom stereocenters. The summed E-state index contributed by atoms with van der Waals surface area (Å²) in [7, 11) is 0. The molecule has 0 radical (unpaired) electrons. The molecule has 33 heavy (non-hydrogen) atoms. The lowest BCUT2D eigenvalue weighted by atomic mass is 9.93. The van der Waals surface area contributed by atoms with E-state index in [0.29, 0.717) is 37.7 Å². The number of hydrogen-bond acceptors (Lipinski definition) is 4. The monoisotopic (exact) mass is 445 g/mol. The van der Waals surface area contributed by atoms with Gasteiger partial charge in [-0.1, -0.05) is 68.4 Å². The van der Waals surface area contributed by atoms with Crippen LogP contribution in [0.15, 0.2) is 54.6 Å². The van der Waals surface area contributed by atoms with E-state index in [4.69, 9.17) is 0 Å². The summed E-state index contributed by atoms with van der Waals surface area (Å²) in [6, 6.07) is 17.7. The zero-order chi connectivity index (χ0) is 23.4. The molecule has 0 bridgehead atoms. The number of amides is 2. The summed E-state index contributed by atoms with van der Waals surface area (Å²) in [5.74, 6) is 1.31. The van der Waals surface area contributed by atoms with E-state index in [1.165, 1.54) is 0 Å². The zero-order valence-electron chi connectivity index (χ0n) is 19.5. The third-order valence-corrected chi connectivity index (χ3v) is 6.19. The average molecular weight is 446 g/mol. The molecule has 0 spiro atoms. The smallest absolute Gasteiger partial charge is 0.245 e. The molecule has 1 atom stereocenters. The van der Waals surface area contributed by atoms with Gasteiger partial charge < -0.3 is 9.80 Å². The van der Waals surface area contributed by atoms with Gasteiger partial charge in [0.25, 0.3) is 0 Å². The summed E-state index contributed by atoms with van der Waals surface area (Å²) in [5.41, 5.74) is 3.24. The van der Waals surface area contributed by atoms with Gasteiger partial charge in [-0.05, 0) is 23.6 Å². The Labute approximate surface area is 194 Å². The van der Waals surface area contributed by atoms with Crippen LogP contribution in [-0.4, -0.2) is 62.5 Å². The Morgan fingerprint density at radius 2 is 1.82 bits per heavy atom. The van der Waals surface area contributed by atoms with Crippen LogP contribution in [0, 0.1) is 0 Å². The molecule has 2 heterocycles. The van der Waals surface area contributed by atoms with E-state index in [1.54, 1.807) is 4.90 Å². The predicted molar refractivity (Wildman–Crippen MR) is 128 cm³/mol. The van der Waals surface area contributed by atoms with Crippen LogP contribution in [0.5, 0.6) is 0 Å². The lowest BCUT2D eigenvalue weighted by Gasteiger charge is -2.40. The van der Waals surface area contributed by atoms with E-state index < -0.39 is 6.04 Å². The molecule has 2 aromatic carbocycles. The second kappa shape index (κ2) is 9.98. The molecule has 1 N–H and O–H groups in total. The van der Waals surface area contributed by atoms with E-state index in [-0.39, 0.29) is 24.2 Å². The van der Waals surface area contributed by atoms with Gasteiger partial charge in [0.1, 0.15) is 11.9 Å². The molecule has 4 rings (SSSR count). The van der Waals surface area contributed by atoms with Crippen LogP contribution in [0.4, 0.5) is 0 Å². The average Bonchev–Trinajstić information content (AvgIpc) is 3.30. The number of H-pyrrole nitrogens is 1. The van der Waals surface area contributed by atoms with Gasteiger partial charge in [-0.25, -0.2) is 4.98 Å². The second-order valence-electron chi connectivity index (χ2n) is 8.72. The summed E-state index contributed by atoms with van der Waals surface area (Å²) in [4.78, 5) is 34.7. The Morgan fingerprint density at radius 3 is 2.52 bits per heavy atom. The van der Waals surface area contributed by atoms with Gasteiger partial charge in [-0.15, -0.1) is 0 Å². The number of nitrogens with zero attached hydrogens (tertiary/aromatic N) is 4. The Morgan fingerprint density at radius 1 is 1.09 bits per heavy atom. The van der Waals surface area contributed by atoms with E-state index in [0.717, 1.165) is 16.7 Å². The minimum Gasteiger partial charge on any atom is -0.339 e. The van der Waals surface area contributed by atoms with Gasteiger partial charge in [0.2, 0.25) is 11.8 Å². The number of rotatable bonds is 7. The number of nitrogens with one attached hydrogen (secondary N) is 1. The number of benzene rings is 2. The van der Waals surface area contributed by atoms with Crippen LogP contribution in [0.25, 0.3) is 11.1 Å². The highest BCUT2D eigenvalue weighted by Gasteiger charge is 2.37. The van der Waals surface area contributed by atoms with Crippen molar-refractivity contribution in [2.45, 2.75) is 45.6 Å². The Balaban J connectivity index is 1.60. The van der Waals surface area contributed by atoms with Gasteiger partial charge in [-0.3, -0.25) is 14.7 Å². The topological polar surface area (TPSA) is 82.2 Å². The number of carbonyl (C=O) groups is 2. The SMILES string of the molecule is CCN1CCN(C(=O)Cc2nc(C(C)C)n[nH]2)[C@@H](Cc2ccccc2-c2ccccc2)C1=O. The third-order valence-electron chi connectivity index (χ3n) is 6.19. The van der Waals surface area contributed by atoms with Crippen molar-refractivity contribution in [1.29, 1.82) is 0 Å². The number of hydrogen-bond donors (Lipinski definition) is 1. The highest BCUT2D eigenvalue weighted by molar-refractivity contribution is 5.90. The van der Waals surface area contributed by atoms with Crippen molar-refractivity contribution in [2.24, 2.45) is 0 Å². The largest absolute Gasteiger partial charge is 0.339 e. The fourth-order valence-electron chi connectivity index (χ4n) is 4.35. The van der Waals surface area contributed by atoms with Crippen molar-refractivity contribution in [3.05, 3.63) is 71.8 Å². The summed E-state index contributed by atoms with van der Waals surface area (Å²) < 4.78 is 0. The third kappa shape index (κ3) is 4.97. The predicted octanol–water partition coefficient (Wildman–Crippen LogP) is 3.44. The molecule has 0 saturated carbocycles. The minimum atomic E-state index is -0.538. The fourth-order valence-corrected chi connectivity index (χ4v) is 4.35. The van der Waals surface area contributed by atoms with Crippen LogP contribution in [0.3, 0.4) is 0 Å². The molecule has 172 valence electrons.